The van der Waals surface area contributed by atoms with E-state index in [9.17, 15) is 9.59 Å². The molecule has 2 aromatic heterocycles. The van der Waals surface area contributed by atoms with Gasteiger partial charge in [0.25, 0.3) is 5.89 Å². The smallest absolute Gasteiger partial charge is 0.387 e. The number of fused-ring (bicyclic) bond motifs is 1. The standard InChI is InChI=1S/C18H17N3O3S/c22-16(19-14-8-3-6-12-5-1-2-7-13(12)14)11-21-18(23)24-17(20-21)15-9-4-10-25-15/h1-2,4-5,7,9-10,14H,3,6,8,11H2,(H,19,22). The molecule has 0 saturated heterocycles. The van der Waals surface area contributed by atoms with Gasteiger partial charge in [-0.15, -0.1) is 16.4 Å². The zero-order valence-electron chi connectivity index (χ0n) is 13.5. The highest BCUT2D eigenvalue weighted by atomic mass is 32.1. The van der Waals surface area contributed by atoms with Crippen molar-refractivity contribution < 1.29 is 9.21 Å². The molecule has 1 aliphatic rings. The first-order valence-electron chi connectivity index (χ1n) is 8.20. The third-order valence-electron chi connectivity index (χ3n) is 4.34. The Bertz CT molecular complexity index is 943. The van der Waals surface area contributed by atoms with Gasteiger partial charge in [0, 0.05) is 0 Å². The first kappa shape index (κ1) is 15.8. The van der Waals surface area contributed by atoms with Gasteiger partial charge in [0.1, 0.15) is 6.54 Å². The summed E-state index contributed by atoms with van der Waals surface area (Å²) >= 11 is 1.43. The highest BCUT2D eigenvalue weighted by molar-refractivity contribution is 7.13. The largest absolute Gasteiger partial charge is 0.437 e. The van der Waals surface area contributed by atoms with Crippen LogP contribution in [0, 0.1) is 0 Å². The van der Waals surface area contributed by atoms with Gasteiger partial charge in [-0.1, -0.05) is 30.3 Å². The number of aromatic nitrogens is 2. The SMILES string of the molecule is O=C(Cn1nc(-c2cccs2)oc1=O)NC1CCCc2ccccc21. The third-order valence-corrected chi connectivity index (χ3v) is 5.19. The molecule has 4 rings (SSSR count). The fraction of sp³-hybridized carbons (Fsp3) is 0.278. The van der Waals surface area contributed by atoms with E-state index < -0.39 is 5.76 Å². The number of rotatable bonds is 4. The van der Waals surface area contributed by atoms with E-state index in [4.69, 9.17) is 4.42 Å². The number of benzene rings is 1. The van der Waals surface area contributed by atoms with E-state index in [0.717, 1.165) is 34.4 Å². The lowest BCUT2D eigenvalue weighted by Gasteiger charge is -2.26. The van der Waals surface area contributed by atoms with Crippen molar-refractivity contribution >= 4 is 17.2 Å². The third kappa shape index (κ3) is 3.28. The molecule has 1 atom stereocenters. The fourth-order valence-electron chi connectivity index (χ4n) is 3.19. The molecule has 1 aliphatic carbocycles. The lowest BCUT2D eigenvalue weighted by Crippen LogP contribution is -2.35. The van der Waals surface area contributed by atoms with Crippen LogP contribution in [-0.4, -0.2) is 15.7 Å². The predicted molar refractivity (Wildman–Crippen MR) is 94.3 cm³/mol. The average molecular weight is 355 g/mol. The topological polar surface area (TPSA) is 77.1 Å². The van der Waals surface area contributed by atoms with Gasteiger partial charge >= 0.3 is 5.76 Å². The van der Waals surface area contributed by atoms with Crippen molar-refractivity contribution in [3.05, 3.63) is 63.5 Å². The number of hydrogen-bond donors (Lipinski definition) is 1. The molecule has 0 saturated carbocycles. The van der Waals surface area contributed by atoms with Crippen LogP contribution in [0.2, 0.25) is 0 Å². The Morgan fingerprint density at radius 3 is 3.04 bits per heavy atom. The van der Waals surface area contributed by atoms with Crippen LogP contribution in [0.5, 0.6) is 0 Å². The van der Waals surface area contributed by atoms with Crippen molar-refractivity contribution in [2.24, 2.45) is 0 Å². The summed E-state index contributed by atoms with van der Waals surface area (Å²) in [6.45, 7) is -0.146. The second kappa shape index (κ2) is 6.68. The second-order valence-corrected chi connectivity index (χ2v) is 6.97. The van der Waals surface area contributed by atoms with Crippen molar-refractivity contribution in [3.8, 4) is 10.8 Å². The molecule has 2 heterocycles. The molecule has 0 aliphatic heterocycles. The van der Waals surface area contributed by atoms with E-state index in [1.54, 1.807) is 0 Å². The summed E-state index contributed by atoms with van der Waals surface area (Å²) in [4.78, 5) is 25.1. The van der Waals surface area contributed by atoms with Gasteiger partial charge in [-0.3, -0.25) is 4.79 Å². The van der Waals surface area contributed by atoms with Crippen LogP contribution in [0.15, 0.2) is 51.0 Å². The van der Waals surface area contributed by atoms with Crippen molar-refractivity contribution in [1.29, 1.82) is 0 Å². The number of nitrogens with zero attached hydrogens (tertiary/aromatic N) is 2. The number of hydrogen-bond acceptors (Lipinski definition) is 5. The van der Waals surface area contributed by atoms with Gasteiger partial charge in [-0.25, -0.2) is 4.79 Å². The summed E-state index contributed by atoms with van der Waals surface area (Å²) in [6.07, 6.45) is 2.97. The van der Waals surface area contributed by atoms with Crippen LogP contribution in [0.25, 0.3) is 10.8 Å². The summed E-state index contributed by atoms with van der Waals surface area (Å²) in [7, 11) is 0. The number of thiophene rings is 1. The minimum atomic E-state index is -0.623. The molecule has 1 amide bonds. The average Bonchev–Trinajstić information content (AvgIpc) is 3.26. The van der Waals surface area contributed by atoms with Crippen LogP contribution in [-0.2, 0) is 17.8 Å². The van der Waals surface area contributed by atoms with E-state index in [1.165, 1.54) is 16.9 Å². The van der Waals surface area contributed by atoms with Crippen LogP contribution in [0.1, 0.15) is 30.0 Å². The molecule has 1 unspecified atom stereocenters. The molecule has 128 valence electrons. The zero-order chi connectivity index (χ0) is 17.2. The van der Waals surface area contributed by atoms with Crippen molar-refractivity contribution in [1.82, 2.24) is 15.1 Å². The fourth-order valence-corrected chi connectivity index (χ4v) is 3.83. The Balaban J connectivity index is 1.48. The van der Waals surface area contributed by atoms with Crippen molar-refractivity contribution in [3.63, 3.8) is 0 Å². The Morgan fingerprint density at radius 2 is 2.20 bits per heavy atom. The van der Waals surface area contributed by atoms with Crippen LogP contribution >= 0.6 is 11.3 Å². The predicted octanol–water partition coefficient (Wildman–Crippen LogP) is 2.76. The summed E-state index contributed by atoms with van der Waals surface area (Å²) < 4.78 is 6.20. The first-order chi connectivity index (χ1) is 12.2. The molecule has 7 heteroatoms. The first-order valence-corrected chi connectivity index (χ1v) is 9.07. The molecule has 0 spiro atoms. The summed E-state index contributed by atoms with van der Waals surface area (Å²) in [5, 5.41) is 9.01. The van der Waals surface area contributed by atoms with E-state index in [1.807, 2.05) is 29.6 Å². The summed E-state index contributed by atoms with van der Waals surface area (Å²) in [5.41, 5.74) is 2.44. The summed E-state index contributed by atoms with van der Waals surface area (Å²) in [5.74, 6) is -0.617. The molecule has 1 N–H and O–H groups in total. The summed E-state index contributed by atoms with van der Waals surface area (Å²) in [6, 6.07) is 11.8. The molecule has 0 bridgehead atoms. The number of nitrogens with one attached hydrogen (secondary N) is 1. The van der Waals surface area contributed by atoms with Gasteiger partial charge < -0.3 is 9.73 Å². The molecule has 25 heavy (non-hydrogen) atoms. The van der Waals surface area contributed by atoms with Crippen molar-refractivity contribution in [2.75, 3.05) is 0 Å². The maximum absolute atomic E-state index is 12.4. The van der Waals surface area contributed by atoms with E-state index >= 15 is 0 Å². The number of carbonyl (C=O) groups excluding carboxylic acids is 1. The van der Waals surface area contributed by atoms with E-state index in [0.29, 0.717) is 0 Å². The Hall–Kier alpha value is -2.67. The molecule has 0 radical (unpaired) electrons. The van der Waals surface area contributed by atoms with Gasteiger partial charge in [0.15, 0.2) is 0 Å². The lowest BCUT2D eigenvalue weighted by molar-refractivity contribution is -0.122. The minimum Gasteiger partial charge on any atom is -0.387 e. The maximum atomic E-state index is 12.4. The van der Waals surface area contributed by atoms with Crippen LogP contribution in [0.3, 0.4) is 0 Å². The number of carbonyl (C=O) groups is 1. The molecule has 3 aromatic rings. The lowest BCUT2D eigenvalue weighted by atomic mass is 9.88. The monoisotopic (exact) mass is 355 g/mol. The van der Waals surface area contributed by atoms with Crippen molar-refractivity contribution in [2.45, 2.75) is 31.8 Å². The van der Waals surface area contributed by atoms with Crippen LogP contribution in [0.4, 0.5) is 0 Å². The highest BCUT2D eigenvalue weighted by Gasteiger charge is 2.22. The number of amides is 1. The van der Waals surface area contributed by atoms with Gasteiger partial charge in [-0.2, -0.15) is 4.68 Å². The van der Waals surface area contributed by atoms with E-state index in [2.05, 4.69) is 22.5 Å². The molecular formula is C18H17N3O3S. The molecular weight excluding hydrogens is 338 g/mol. The molecule has 0 fully saturated rings. The second-order valence-electron chi connectivity index (χ2n) is 6.02. The molecule has 1 aromatic carbocycles. The van der Waals surface area contributed by atoms with Gasteiger partial charge in [0.05, 0.1) is 10.9 Å². The van der Waals surface area contributed by atoms with Gasteiger partial charge in [-0.05, 0) is 41.8 Å². The number of aryl methyl sites for hydroxylation is 1. The minimum absolute atomic E-state index is 0.0168. The normalized spacial score (nSPS) is 16.4. The zero-order valence-corrected chi connectivity index (χ0v) is 14.3. The quantitative estimate of drug-likeness (QED) is 0.781. The Labute approximate surface area is 148 Å². The Morgan fingerprint density at radius 1 is 1.32 bits per heavy atom. The maximum Gasteiger partial charge on any atom is 0.437 e. The Kier molecular flexibility index (Phi) is 4.23. The highest BCUT2D eigenvalue weighted by Crippen LogP contribution is 2.29. The van der Waals surface area contributed by atoms with Gasteiger partial charge in [0.2, 0.25) is 5.91 Å². The van der Waals surface area contributed by atoms with E-state index in [-0.39, 0.29) is 24.4 Å². The molecule has 6 nitrogen and oxygen atoms in total. The van der Waals surface area contributed by atoms with Crippen LogP contribution < -0.4 is 11.1 Å².